The van der Waals surface area contributed by atoms with Crippen molar-refractivity contribution >= 4 is 41.8 Å². The van der Waals surface area contributed by atoms with Gasteiger partial charge in [0.2, 0.25) is 0 Å². The monoisotopic (exact) mass is 486 g/mol. The number of fused-ring (bicyclic) bond motifs is 2. The second-order valence-corrected chi connectivity index (χ2v) is 9.89. The zero-order valence-corrected chi connectivity index (χ0v) is 23.5. The minimum Gasteiger partial charge on any atom is -0.744 e. The largest absolute Gasteiger partial charge is 1.00 e. The molecule has 0 spiro atoms. The smallest absolute Gasteiger partial charge is 0.744 e. The zero-order valence-electron chi connectivity index (χ0n) is 17.8. The summed E-state index contributed by atoms with van der Waals surface area (Å²) in [5.74, 6) is 0. The molecule has 4 aromatic rings. The predicted octanol–water partition coefficient (Wildman–Crippen LogP) is -2.29. The van der Waals surface area contributed by atoms with Gasteiger partial charge in [-0.3, -0.25) is 0 Å². The molecule has 0 saturated heterocycles. The van der Waals surface area contributed by atoms with E-state index in [1.54, 1.807) is 49.4 Å². The molecule has 0 unspecified atom stereocenters. The second kappa shape index (κ2) is 10.2. The summed E-state index contributed by atoms with van der Waals surface area (Å²) in [6, 6.07) is 18.4. The third-order valence-electron chi connectivity index (χ3n) is 5.06. The first kappa shape index (κ1) is 27.5. The molecule has 0 aliphatic heterocycles. The summed E-state index contributed by atoms with van der Waals surface area (Å²) < 4.78 is 69.7. The van der Waals surface area contributed by atoms with E-state index < -0.39 is 20.2 Å². The third-order valence-corrected chi connectivity index (χ3v) is 6.96. The van der Waals surface area contributed by atoms with Crippen molar-refractivity contribution in [3.63, 3.8) is 0 Å². The van der Waals surface area contributed by atoms with Gasteiger partial charge in [-0.15, -0.1) is 0 Å². The normalized spacial score (nSPS) is 11.7. The number of aryl methyl sites for hydroxylation is 1. The van der Waals surface area contributed by atoms with E-state index in [1.807, 2.05) is 12.1 Å². The first-order valence-corrected chi connectivity index (χ1v) is 11.8. The fourth-order valence-corrected chi connectivity index (χ4v) is 5.12. The molecule has 0 aromatic heterocycles. The van der Waals surface area contributed by atoms with Crippen molar-refractivity contribution < 1.29 is 85.1 Å². The van der Waals surface area contributed by atoms with Gasteiger partial charge in [0.15, 0.2) is 0 Å². The molecule has 154 valence electrons. The number of benzene rings is 4. The summed E-state index contributed by atoms with van der Waals surface area (Å²) in [6.07, 6.45) is 0.207. The Labute approximate surface area is 231 Å². The molecular formula is C22H16Na2O6S2. The fraction of sp³-hybridized carbons (Fsp3) is 0.0909. The van der Waals surface area contributed by atoms with Gasteiger partial charge in [-0.25, -0.2) is 16.8 Å². The van der Waals surface area contributed by atoms with Gasteiger partial charge >= 0.3 is 59.1 Å². The van der Waals surface area contributed by atoms with Crippen molar-refractivity contribution in [3.05, 3.63) is 83.4 Å². The second-order valence-electron chi connectivity index (χ2n) is 7.19. The summed E-state index contributed by atoms with van der Waals surface area (Å²) in [5.41, 5.74) is 1.47. The molecule has 0 N–H and O–H groups in total. The molecule has 6 nitrogen and oxygen atoms in total. The van der Waals surface area contributed by atoms with Crippen molar-refractivity contribution in [2.75, 3.05) is 0 Å². The first-order chi connectivity index (χ1) is 14.0. The van der Waals surface area contributed by atoms with Crippen molar-refractivity contribution in [2.45, 2.75) is 23.1 Å². The Morgan fingerprint density at radius 1 is 0.656 bits per heavy atom. The molecule has 0 amide bonds. The number of rotatable bonds is 4. The van der Waals surface area contributed by atoms with Gasteiger partial charge in [-0.1, -0.05) is 48.5 Å². The maximum absolute atomic E-state index is 11.8. The topological polar surface area (TPSA) is 114 Å². The first-order valence-electron chi connectivity index (χ1n) is 8.99. The van der Waals surface area contributed by atoms with Crippen LogP contribution < -0.4 is 59.1 Å². The minimum absolute atomic E-state index is 0. The molecule has 4 rings (SSSR count). The van der Waals surface area contributed by atoms with Crippen LogP contribution in [0.1, 0.15) is 16.7 Å². The molecule has 0 radical (unpaired) electrons. The van der Waals surface area contributed by atoms with Crippen LogP contribution >= 0.6 is 0 Å². The van der Waals surface area contributed by atoms with E-state index in [1.165, 1.54) is 12.1 Å². The van der Waals surface area contributed by atoms with E-state index in [9.17, 15) is 25.9 Å². The molecular weight excluding hydrogens is 470 g/mol. The van der Waals surface area contributed by atoms with E-state index in [2.05, 4.69) is 0 Å². The van der Waals surface area contributed by atoms with Crippen LogP contribution in [-0.4, -0.2) is 25.9 Å². The molecule has 0 bridgehead atoms. The Bertz CT molecular complexity index is 1530. The van der Waals surface area contributed by atoms with Gasteiger partial charge in [0, 0.05) is 0 Å². The van der Waals surface area contributed by atoms with Crippen molar-refractivity contribution in [2.24, 2.45) is 0 Å². The van der Waals surface area contributed by atoms with Gasteiger partial charge in [-0.2, -0.15) is 0 Å². The van der Waals surface area contributed by atoms with E-state index in [-0.39, 0.29) is 75.3 Å². The van der Waals surface area contributed by atoms with Gasteiger partial charge in [-0.05, 0) is 69.8 Å². The SMILES string of the molecule is Cc1cc2cc(Cc3cc4ccccc4cc3S(=O)(=O)[O-])ccc2cc1S(=O)(=O)[O-].[Na+].[Na+]. The summed E-state index contributed by atoms with van der Waals surface area (Å²) in [6.45, 7) is 1.54. The van der Waals surface area contributed by atoms with Crippen LogP contribution in [0, 0.1) is 6.92 Å². The average molecular weight is 486 g/mol. The Morgan fingerprint density at radius 3 is 1.78 bits per heavy atom. The van der Waals surface area contributed by atoms with Gasteiger partial charge < -0.3 is 9.11 Å². The molecule has 4 aromatic carbocycles. The van der Waals surface area contributed by atoms with Crippen molar-refractivity contribution in [3.8, 4) is 0 Å². The number of hydrogen-bond donors (Lipinski definition) is 0. The molecule has 10 heteroatoms. The molecule has 0 heterocycles. The molecule has 0 aliphatic carbocycles. The van der Waals surface area contributed by atoms with Crippen LogP contribution in [0.2, 0.25) is 0 Å². The van der Waals surface area contributed by atoms with Crippen LogP contribution in [-0.2, 0) is 26.7 Å². The van der Waals surface area contributed by atoms with E-state index in [0.29, 0.717) is 27.3 Å². The summed E-state index contributed by atoms with van der Waals surface area (Å²) in [7, 11) is -9.25. The molecule has 0 saturated carbocycles. The standard InChI is InChI=1S/C22H18O6S2.2Na/c1-14-8-19-9-15(6-7-18(19)12-21(14)29(23,24)25)10-20-11-16-4-2-3-5-17(16)13-22(20)30(26,27)28;;/h2-9,11-13H,10H2,1H3,(H,23,24,25)(H,26,27,28);;/q;2*+1/p-2. The molecule has 0 aliphatic rings. The Morgan fingerprint density at radius 2 is 1.19 bits per heavy atom. The third kappa shape index (κ3) is 5.82. The molecule has 0 fully saturated rings. The van der Waals surface area contributed by atoms with Crippen LogP contribution in [0.3, 0.4) is 0 Å². The van der Waals surface area contributed by atoms with Crippen LogP contribution in [0.25, 0.3) is 21.5 Å². The Kier molecular flexibility index (Phi) is 8.78. The van der Waals surface area contributed by atoms with E-state index >= 15 is 0 Å². The summed E-state index contributed by atoms with van der Waals surface area (Å²) in [5, 5.41) is 2.77. The maximum atomic E-state index is 11.8. The Balaban J connectivity index is 0.00000181. The fourth-order valence-electron chi connectivity index (χ4n) is 3.68. The van der Waals surface area contributed by atoms with Crippen LogP contribution in [0.5, 0.6) is 0 Å². The molecule has 32 heavy (non-hydrogen) atoms. The zero-order chi connectivity index (χ0) is 21.7. The van der Waals surface area contributed by atoms with Gasteiger partial charge in [0.1, 0.15) is 20.2 Å². The van der Waals surface area contributed by atoms with Crippen molar-refractivity contribution in [1.82, 2.24) is 0 Å². The molecule has 0 atom stereocenters. The van der Waals surface area contributed by atoms with Crippen LogP contribution in [0.15, 0.2) is 76.5 Å². The minimum atomic E-state index is -4.67. The van der Waals surface area contributed by atoms with Gasteiger partial charge in [0.05, 0.1) is 9.79 Å². The van der Waals surface area contributed by atoms with E-state index in [0.717, 1.165) is 10.9 Å². The van der Waals surface area contributed by atoms with Crippen molar-refractivity contribution in [1.29, 1.82) is 0 Å². The summed E-state index contributed by atoms with van der Waals surface area (Å²) >= 11 is 0. The predicted molar refractivity (Wildman–Crippen MR) is 111 cm³/mol. The number of hydrogen-bond acceptors (Lipinski definition) is 6. The van der Waals surface area contributed by atoms with Gasteiger partial charge in [0.25, 0.3) is 0 Å². The quantitative estimate of drug-likeness (QED) is 0.237. The van der Waals surface area contributed by atoms with E-state index in [4.69, 9.17) is 0 Å². The summed E-state index contributed by atoms with van der Waals surface area (Å²) in [4.78, 5) is -0.526. The van der Waals surface area contributed by atoms with Crippen LogP contribution in [0.4, 0.5) is 0 Å². The average Bonchev–Trinajstić information content (AvgIpc) is 2.65. The Hall–Kier alpha value is -0.780. The maximum Gasteiger partial charge on any atom is 1.00 e.